The van der Waals surface area contributed by atoms with Crippen molar-refractivity contribution in [3.05, 3.63) is 29.3 Å². The minimum atomic E-state index is -3.43. The second-order valence-electron chi connectivity index (χ2n) is 6.01. The van der Waals surface area contributed by atoms with Crippen molar-refractivity contribution in [2.75, 3.05) is 19.6 Å². The maximum atomic E-state index is 12.8. The van der Waals surface area contributed by atoms with Crippen molar-refractivity contribution in [2.24, 2.45) is 5.92 Å². The van der Waals surface area contributed by atoms with Crippen molar-refractivity contribution in [2.45, 2.75) is 36.6 Å². The lowest BCUT2D eigenvalue weighted by Crippen LogP contribution is -2.42. The quantitative estimate of drug-likeness (QED) is 0.873. The third kappa shape index (κ3) is 3.77. The minimum Gasteiger partial charge on any atom is -0.313 e. The summed E-state index contributed by atoms with van der Waals surface area (Å²) in [6.07, 6.45) is 4.47. The van der Waals surface area contributed by atoms with E-state index in [9.17, 15) is 8.42 Å². The van der Waals surface area contributed by atoms with E-state index in [4.69, 9.17) is 11.6 Å². The maximum absolute atomic E-state index is 12.8. The van der Waals surface area contributed by atoms with Crippen molar-refractivity contribution in [1.82, 2.24) is 9.62 Å². The number of sulfonamides is 1. The fourth-order valence-corrected chi connectivity index (χ4v) is 4.46. The van der Waals surface area contributed by atoms with Crippen LogP contribution in [-0.4, -0.2) is 38.4 Å². The van der Waals surface area contributed by atoms with Crippen LogP contribution in [-0.2, 0) is 10.0 Å². The topological polar surface area (TPSA) is 49.4 Å². The Bertz CT molecular complexity index is 578. The summed E-state index contributed by atoms with van der Waals surface area (Å²) in [5, 5.41) is 3.94. The lowest BCUT2D eigenvalue weighted by Gasteiger charge is -2.25. The van der Waals surface area contributed by atoms with Crippen LogP contribution >= 0.6 is 11.6 Å². The van der Waals surface area contributed by atoms with Crippen LogP contribution in [0.4, 0.5) is 0 Å². The molecule has 0 spiro atoms. The fraction of sp³-hybridized carbons (Fsp3) is 0.600. The van der Waals surface area contributed by atoms with Gasteiger partial charge in [0, 0.05) is 24.2 Å². The highest BCUT2D eigenvalue weighted by molar-refractivity contribution is 7.89. The number of benzene rings is 1. The van der Waals surface area contributed by atoms with Gasteiger partial charge in [-0.2, -0.15) is 4.31 Å². The highest BCUT2D eigenvalue weighted by Crippen LogP contribution is 2.32. The van der Waals surface area contributed by atoms with Crippen LogP contribution < -0.4 is 5.32 Å². The van der Waals surface area contributed by atoms with Crippen LogP contribution in [0, 0.1) is 5.92 Å². The first-order valence-corrected chi connectivity index (χ1v) is 9.36. The van der Waals surface area contributed by atoms with Gasteiger partial charge in [0.15, 0.2) is 0 Å². The first-order chi connectivity index (χ1) is 10.1. The van der Waals surface area contributed by atoms with E-state index in [1.165, 1.54) is 0 Å². The predicted molar refractivity (Wildman–Crippen MR) is 84.0 cm³/mol. The molecule has 6 heteroatoms. The van der Waals surface area contributed by atoms with E-state index in [0.29, 0.717) is 28.9 Å². The van der Waals surface area contributed by atoms with Gasteiger partial charge in [0.25, 0.3) is 0 Å². The molecule has 2 aliphatic rings. The summed E-state index contributed by atoms with van der Waals surface area (Å²) in [6, 6.07) is 6.75. The van der Waals surface area contributed by atoms with Crippen molar-refractivity contribution < 1.29 is 8.42 Å². The zero-order valence-corrected chi connectivity index (χ0v) is 13.5. The van der Waals surface area contributed by atoms with Crippen LogP contribution in [0.1, 0.15) is 25.7 Å². The first kappa shape index (κ1) is 15.3. The third-order valence-corrected chi connectivity index (χ3v) is 6.29. The Hall–Kier alpha value is -0.620. The standard InChI is InChI=1S/C15H21ClN2O2S/c16-13-5-7-15(8-6-13)21(19,20)18(10-12-3-4-12)11-14-2-1-9-17-14/h5-8,12,14,17H,1-4,9-11H2. The molecule has 1 saturated carbocycles. The van der Waals surface area contributed by atoms with Crippen LogP contribution in [0.3, 0.4) is 0 Å². The monoisotopic (exact) mass is 328 g/mol. The Morgan fingerprint density at radius 2 is 1.86 bits per heavy atom. The molecule has 1 aromatic carbocycles. The number of halogens is 1. The van der Waals surface area contributed by atoms with Crippen molar-refractivity contribution in [1.29, 1.82) is 0 Å². The van der Waals surface area contributed by atoms with Gasteiger partial charge in [0.05, 0.1) is 4.90 Å². The Labute approximate surface area is 131 Å². The number of nitrogens with one attached hydrogen (secondary N) is 1. The summed E-state index contributed by atoms with van der Waals surface area (Å²) in [5.41, 5.74) is 0. The molecule has 3 rings (SSSR count). The molecule has 1 aliphatic heterocycles. The van der Waals surface area contributed by atoms with E-state index >= 15 is 0 Å². The molecule has 4 nitrogen and oxygen atoms in total. The normalized spacial score (nSPS) is 22.9. The number of hydrogen-bond donors (Lipinski definition) is 1. The third-order valence-electron chi connectivity index (χ3n) is 4.20. The van der Waals surface area contributed by atoms with Gasteiger partial charge in [-0.25, -0.2) is 8.42 Å². The molecular formula is C15H21ClN2O2S. The molecule has 1 saturated heterocycles. The fourth-order valence-electron chi connectivity index (χ4n) is 2.77. The van der Waals surface area contributed by atoms with E-state index in [0.717, 1.165) is 32.2 Å². The SMILES string of the molecule is O=S(=O)(c1ccc(Cl)cc1)N(CC1CC1)CC1CCCN1. The summed E-state index contributed by atoms with van der Waals surface area (Å²) < 4.78 is 27.4. The summed E-state index contributed by atoms with van der Waals surface area (Å²) in [6.45, 7) is 2.20. The molecule has 21 heavy (non-hydrogen) atoms. The highest BCUT2D eigenvalue weighted by Gasteiger charge is 2.33. The smallest absolute Gasteiger partial charge is 0.243 e. The van der Waals surface area contributed by atoms with Crippen LogP contribution in [0.2, 0.25) is 5.02 Å². The van der Waals surface area contributed by atoms with Crippen LogP contribution in [0.5, 0.6) is 0 Å². The molecule has 1 aromatic rings. The maximum Gasteiger partial charge on any atom is 0.243 e. The zero-order chi connectivity index (χ0) is 14.9. The largest absolute Gasteiger partial charge is 0.313 e. The summed E-state index contributed by atoms with van der Waals surface area (Å²) in [7, 11) is -3.43. The molecule has 0 amide bonds. The molecule has 1 unspecified atom stereocenters. The number of hydrogen-bond acceptors (Lipinski definition) is 3. The molecule has 1 heterocycles. The average Bonchev–Trinajstić information content (AvgIpc) is 3.12. The van der Waals surface area contributed by atoms with Gasteiger partial charge in [-0.3, -0.25) is 0 Å². The predicted octanol–water partition coefficient (Wildman–Crippen LogP) is 2.49. The molecule has 1 N–H and O–H groups in total. The Balaban J connectivity index is 1.80. The van der Waals surface area contributed by atoms with Crippen LogP contribution in [0.25, 0.3) is 0 Å². The van der Waals surface area contributed by atoms with E-state index < -0.39 is 10.0 Å². The van der Waals surface area contributed by atoms with Gasteiger partial charge in [-0.15, -0.1) is 0 Å². The lowest BCUT2D eigenvalue weighted by molar-refractivity contribution is 0.358. The van der Waals surface area contributed by atoms with Gasteiger partial charge < -0.3 is 5.32 Å². The Kier molecular flexibility index (Phi) is 4.54. The van der Waals surface area contributed by atoms with E-state index in [1.807, 2.05) is 0 Å². The van der Waals surface area contributed by atoms with Gasteiger partial charge in [-0.05, 0) is 62.4 Å². The molecular weight excluding hydrogens is 308 g/mol. The van der Waals surface area contributed by atoms with Gasteiger partial charge in [-0.1, -0.05) is 11.6 Å². The second-order valence-corrected chi connectivity index (χ2v) is 8.39. The summed E-state index contributed by atoms with van der Waals surface area (Å²) in [5.74, 6) is 0.536. The Morgan fingerprint density at radius 3 is 2.43 bits per heavy atom. The summed E-state index contributed by atoms with van der Waals surface area (Å²) in [4.78, 5) is 0.338. The first-order valence-electron chi connectivity index (χ1n) is 7.55. The molecule has 1 atom stereocenters. The number of nitrogens with zero attached hydrogens (tertiary/aromatic N) is 1. The molecule has 1 aliphatic carbocycles. The molecule has 2 fully saturated rings. The van der Waals surface area contributed by atoms with Crippen molar-refractivity contribution >= 4 is 21.6 Å². The highest BCUT2D eigenvalue weighted by atomic mass is 35.5. The summed E-state index contributed by atoms with van der Waals surface area (Å²) >= 11 is 5.85. The molecule has 116 valence electrons. The Morgan fingerprint density at radius 1 is 1.14 bits per heavy atom. The number of rotatable bonds is 6. The van der Waals surface area contributed by atoms with Gasteiger partial charge in [0.2, 0.25) is 10.0 Å². The second kappa shape index (κ2) is 6.24. The molecule has 0 bridgehead atoms. The lowest BCUT2D eigenvalue weighted by atomic mass is 10.2. The van der Waals surface area contributed by atoms with Gasteiger partial charge >= 0.3 is 0 Å². The van der Waals surface area contributed by atoms with E-state index in [-0.39, 0.29) is 6.04 Å². The average molecular weight is 329 g/mol. The van der Waals surface area contributed by atoms with Crippen molar-refractivity contribution in [3.63, 3.8) is 0 Å². The van der Waals surface area contributed by atoms with E-state index in [2.05, 4.69) is 5.32 Å². The van der Waals surface area contributed by atoms with Crippen molar-refractivity contribution in [3.8, 4) is 0 Å². The van der Waals surface area contributed by atoms with Crippen LogP contribution in [0.15, 0.2) is 29.2 Å². The van der Waals surface area contributed by atoms with E-state index in [1.54, 1.807) is 28.6 Å². The van der Waals surface area contributed by atoms with Gasteiger partial charge in [0.1, 0.15) is 0 Å². The zero-order valence-electron chi connectivity index (χ0n) is 12.0. The minimum absolute atomic E-state index is 0.283. The molecule has 0 aromatic heterocycles. The molecule has 0 radical (unpaired) electrons.